The fraction of sp³-hybridized carbons (Fsp3) is 0.917. The highest BCUT2D eigenvalue weighted by Gasteiger charge is 2.59. The highest BCUT2D eigenvalue weighted by Crippen LogP contribution is 2.67. The minimum atomic E-state index is -0.373. The van der Waals surface area contributed by atoms with Crippen LogP contribution in [0.1, 0.15) is 266 Å². The molecule has 0 bridgehead atoms. The Morgan fingerprint density at radius 2 is 1.26 bits per heavy atom. The maximum atomic E-state index is 13.9. The van der Waals surface area contributed by atoms with Crippen molar-refractivity contribution in [3.63, 3.8) is 0 Å². The third-order valence-electron chi connectivity index (χ3n) is 18.3. The van der Waals surface area contributed by atoms with Gasteiger partial charge in [0.2, 0.25) is 11.8 Å². The highest BCUT2D eigenvalue weighted by molar-refractivity contribution is 5.82. The van der Waals surface area contributed by atoms with Gasteiger partial charge in [-0.2, -0.15) is 0 Å². The first-order valence-corrected chi connectivity index (χ1v) is 29.8. The average molecular weight is 952 g/mol. The minimum Gasteiger partial charge on any atom is -0.446 e. The Labute approximate surface area is 419 Å². The summed E-state index contributed by atoms with van der Waals surface area (Å²) in [5, 5.41) is 6.15. The van der Waals surface area contributed by atoms with E-state index in [1.54, 1.807) is 4.90 Å². The van der Waals surface area contributed by atoms with Crippen molar-refractivity contribution >= 4 is 17.9 Å². The predicted octanol–water partition coefficient (Wildman–Crippen LogP) is 15.4. The Balaban J connectivity index is 1.15. The van der Waals surface area contributed by atoms with Crippen LogP contribution in [0.4, 0.5) is 4.79 Å². The summed E-state index contributed by atoms with van der Waals surface area (Å²) in [5.41, 5.74) is 7.84. The summed E-state index contributed by atoms with van der Waals surface area (Å²) >= 11 is 0. The lowest BCUT2D eigenvalue weighted by molar-refractivity contribution is -0.122. The Hall–Kier alpha value is -2.09. The van der Waals surface area contributed by atoms with Crippen LogP contribution in [0, 0.1) is 46.3 Å². The van der Waals surface area contributed by atoms with Crippen LogP contribution in [0.3, 0.4) is 0 Å². The Morgan fingerprint density at radius 1 is 0.676 bits per heavy atom. The average Bonchev–Trinajstić information content (AvgIpc) is 3.68. The summed E-state index contributed by atoms with van der Waals surface area (Å²) in [7, 11) is 0. The second-order valence-corrected chi connectivity index (χ2v) is 24.0. The van der Waals surface area contributed by atoms with Crippen molar-refractivity contribution in [3.05, 3.63) is 11.6 Å². The van der Waals surface area contributed by atoms with Gasteiger partial charge in [0.05, 0.1) is 0 Å². The fourth-order valence-electron chi connectivity index (χ4n) is 14.0. The largest absolute Gasteiger partial charge is 0.446 e. The van der Waals surface area contributed by atoms with Crippen LogP contribution in [-0.4, -0.2) is 61.6 Å². The summed E-state index contributed by atoms with van der Waals surface area (Å²) < 4.78 is 6.33. The first kappa shape index (κ1) is 58.5. The number of unbranched alkanes of at least 4 members (excludes halogenated alkanes) is 20. The second-order valence-electron chi connectivity index (χ2n) is 24.0. The summed E-state index contributed by atoms with van der Waals surface area (Å²) in [6, 6.07) is 0. The van der Waals surface area contributed by atoms with Gasteiger partial charge in [0.15, 0.2) is 0 Å². The summed E-state index contributed by atoms with van der Waals surface area (Å²) in [5.74, 6) is 4.80. The molecule has 3 saturated carbocycles. The lowest BCUT2D eigenvalue weighted by atomic mass is 9.47. The number of hydrogen-bond acceptors (Lipinski definition) is 5. The van der Waals surface area contributed by atoms with Crippen molar-refractivity contribution in [2.45, 2.75) is 272 Å². The Morgan fingerprint density at radius 3 is 1.90 bits per heavy atom. The number of nitrogens with zero attached hydrogens (tertiary/aromatic N) is 1. The van der Waals surface area contributed by atoms with Crippen molar-refractivity contribution in [2.24, 2.45) is 52.1 Å². The van der Waals surface area contributed by atoms with E-state index in [1.165, 1.54) is 153 Å². The van der Waals surface area contributed by atoms with Gasteiger partial charge in [-0.3, -0.25) is 14.5 Å². The molecular weight excluding hydrogens is 841 g/mol. The number of amides is 3. The number of carbonyl (C=O) groups excluding carboxylic acids is 3. The van der Waals surface area contributed by atoms with Crippen molar-refractivity contribution in [1.82, 2.24) is 15.5 Å². The minimum absolute atomic E-state index is 0.00167. The van der Waals surface area contributed by atoms with Gasteiger partial charge < -0.3 is 21.1 Å². The number of allylic oxidation sites excluding steroid dienone is 1. The smallest absolute Gasteiger partial charge is 0.410 e. The number of rotatable bonds is 37. The van der Waals surface area contributed by atoms with Crippen LogP contribution in [0.15, 0.2) is 11.6 Å². The number of ether oxygens (including phenoxy) is 1. The first-order valence-electron chi connectivity index (χ1n) is 29.8. The van der Waals surface area contributed by atoms with Crippen LogP contribution >= 0.6 is 0 Å². The van der Waals surface area contributed by atoms with Gasteiger partial charge in [-0.1, -0.05) is 188 Å². The van der Waals surface area contributed by atoms with E-state index in [0.717, 1.165) is 99.7 Å². The van der Waals surface area contributed by atoms with Crippen LogP contribution in [0.25, 0.3) is 0 Å². The molecule has 0 heterocycles. The summed E-state index contributed by atoms with van der Waals surface area (Å²) in [6.45, 7) is 17.1. The number of carbonyl (C=O) groups is 3. The van der Waals surface area contributed by atoms with Gasteiger partial charge in [-0.05, 0) is 130 Å². The number of nitrogens with two attached hydrogens (primary N) is 1. The van der Waals surface area contributed by atoms with Crippen LogP contribution in [0.2, 0.25) is 0 Å². The number of nitrogens with one attached hydrogen (secondary N) is 2. The SMILES string of the molecule is CCCCCCCCCCCCCCCCCCCC(=O)NCCCCN(CC(=O)NCCCCCCN)C(=O)O[C@H]1CC[C@@]2(C)C(=CC[C@H]3[C@@H]4CC[C@H]([C@H](C)CCCC(C)C)[C@@]4(C)CC[C@@H]32)C1. The molecule has 4 aliphatic rings. The molecule has 0 unspecified atom stereocenters. The third kappa shape index (κ3) is 19.8. The lowest BCUT2D eigenvalue weighted by Gasteiger charge is -2.58. The molecule has 8 nitrogen and oxygen atoms in total. The van der Waals surface area contributed by atoms with E-state index >= 15 is 0 Å². The standard InChI is InChI=1S/C60H110N4O4/c1-7-8-9-10-11-12-13-14-15-16-17-18-19-20-21-22-25-33-56(65)62-44-28-29-45-64(47-57(66)63-43-27-24-23-26-42-61)58(67)68-51-38-40-59(5)50(46-51)34-35-52-54-37-36-53(49(4)32-30-31-48(2)3)60(54,6)41-39-55(52)59/h34,48-49,51-55H,7-33,35-47,61H2,1-6H3,(H,62,65)(H,63,66)/t49-,51+,52+,53-,54+,55+,59+,60-/m1/s1. The zero-order valence-electron chi connectivity index (χ0n) is 45.6. The molecule has 68 heavy (non-hydrogen) atoms. The van der Waals surface area contributed by atoms with E-state index in [4.69, 9.17) is 10.5 Å². The van der Waals surface area contributed by atoms with Gasteiger partial charge in [-0.25, -0.2) is 4.79 Å². The zero-order chi connectivity index (χ0) is 49.0. The topological polar surface area (TPSA) is 114 Å². The van der Waals surface area contributed by atoms with Gasteiger partial charge in [0.1, 0.15) is 12.6 Å². The normalized spacial score (nSPS) is 25.8. The summed E-state index contributed by atoms with van der Waals surface area (Å²) in [6.07, 6.45) is 44.4. The molecule has 4 N–H and O–H groups in total. The van der Waals surface area contributed by atoms with Gasteiger partial charge in [0, 0.05) is 32.5 Å². The maximum absolute atomic E-state index is 13.9. The lowest BCUT2D eigenvalue weighted by Crippen LogP contribution is -2.51. The Kier molecular flexibility index (Phi) is 28.2. The molecule has 3 amide bonds. The molecule has 4 rings (SSSR count). The molecule has 8 atom stereocenters. The van der Waals surface area contributed by atoms with Crippen molar-refractivity contribution in [2.75, 3.05) is 32.7 Å². The van der Waals surface area contributed by atoms with Crippen LogP contribution < -0.4 is 16.4 Å². The van der Waals surface area contributed by atoms with E-state index in [-0.39, 0.29) is 36.0 Å². The van der Waals surface area contributed by atoms with Gasteiger partial charge >= 0.3 is 6.09 Å². The van der Waals surface area contributed by atoms with Gasteiger partial charge in [-0.15, -0.1) is 0 Å². The molecule has 0 saturated heterocycles. The molecular formula is C60H110N4O4. The van der Waals surface area contributed by atoms with Gasteiger partial charge in [0.25, 0.3) is 0 Å². The monoisotopic (exact) mass is 951 g/mol. The maximum Gasteiger partial charge on any atom is 0.410 e. The molecule has 0 aromatic heterocycles. The van der Waals surface area contributed by atoms with Crippen molar-refractivity contribution < 1.29 is 19.1 Å². The summed E-state index contributed by atoms with van der Waals surface area (Å²) in [4.78, 5) is 41.4. The fourth-order valence-corrected chi connectivity index (χ4v) is 14.0. The highest BCUT2D eigenvalue weighted by atomic mass is 16.6. The molecule has 0 radical (unpaired) electrons. The molecule has 0 aliphatic heterocycles. The Bertz CT molecular complexity index is 1430. The molecule has 8 heteroatoms. The molecule has 0 spiro atoms. The quantitative estimate of drug-likeness (QED) is 0.0424. The molecule has 0 aromatic rings. The van der Waals surface area contributed by atoms with Crippen LogP contribution in [0.5, 0.6) is 0 Å². The van der Waals surface area contributed by atoms with Crippen molar-refractivity contribution in [1.29, 1.82) is 0 Å². The van der Waals surface area contributed by atoms with E-state index in [9.17, 15) is 14.4 Å². The molecule has 3 fully saturated rings. The van der Waals surface area contributed by atoms with Crippen LogP contribution in [-0.2, 0) is 14.3 Å². The number of hydrogen-bond donors (Lipinski definition) is 3. The molecule has 394 valence electrons. The molecule has 0 aromatic carbocycles. The molecule has 4 aliphatic carbocycles. The second kappa shape index (κ2) is 32.8. The predicted molar refractivity (Wildman–Crippen MR) is 286 cm³/mol. The van der Waals surface area contributed by atoms with Crippen molar-refractivity contribution in [3.8, 4) is 0 Å². The van der Waals surface area contributed by atoms with E-state index in [2.05, 4.69) is 58.3 Å². The zero-order valence-corrected chi connectivity index (χ0v) is 45.6. The number of fused-ring (bicyclic) bond motifs is 5. The first-order chi connectivity index (χ1) is 32.9. The van der Waals surface area contributed by atoms with E-state index < -0.39 is 0 Å². The third-order valence-corrected chi connectivity index (χ3v) is 18.3. The van der Waals surface area contributed by atoms with E-state index in [1.807, 2.05) is 0 Å². The van der Waals surface area contributed by atoms with E-state index in [0.29, 0.717) is 44.4 Å².